The van der Waals surface area contributed by atoms with Crippen LogP contribution in [0.4, 0.5) is 0 Å². The number of aliphatic carboxylic acids is 1. The average molecular weight is 369 g/mol. The molecule has 0 aromatic carbocycles. The monoisotopic (exact) mass is 367 g/mol. The molecule has 7 heteroatoms. The van der Waals surface area contributed by atoms with Gasteiger partial charge in [0.25, 0.3) is 0 Å². The Labute approximate surface area is 115 Å². The fraction of sp³-hybridized carbons (Fsp3) is 0.500. The Balaban J connectivity index is 2.07. The summed E-state index contributed by atoms with van der Waals surface area (Å²) in [6.07, 6.45) is 0. The third-order valence-electron chi connectivity index (χ3n) is 2.58. The van der Waals surface area contributed by atoms with Gasteiger partial charge in [0, 0.05) is 6.54 Å². The zero-order valence-electron chi connectivity index (χ0n) is 8.86. The fourth-order valence-corrected chi connectivity index (χ4v) is 2.38. The quantitative estimate of drug-likeness (QED) is 0.885. The lowest BCUT2D eigenvalue weighted by Crippen LogP contribution is -2.49. The van der Waals surface area contributed by atoms with Crippen LogP contribution >= 0.6 is 31.9 Å². The van der Waals surface area contributed by atoms with Crippen LogP contribution < -0.4 is 0 Å². The second-order valence-electron chi connectivity index (χ2n) is 3.73. The maximum Gasteiger partial charge on any atom is 0.323 e. The van der Waals surface area contributed by atoms with Gasteiger partial charge in [-0.3, -0.25) is 9.69 Å². The summed E-state index contributed by atoms with van der Waals surface area (Å²) in [5.41, 5.74) is 0. The van der Waals surface area contributed by atoms with Crippen LogP contribution in [0, 0.1) is 0 Å². The highest BCUT2D eigenvalue weighted by Crippen LogP contribution is 2.28. The van der Waals surface area contributed by atoms with Gasteiger partial charge >= 0.3 is 5.97 Å². The van der Waals surface area contributed by atoms with E-state index in [1.165, 1.54) is 0 Å². The Morgan fingerprint density at radius 1 is 1.59 bits per heavy atom. The van der Waals surface area contributed by atoms with Gasteiger partial charge in [0.15, 0.2) is 4.67 Å². The number of halogens is 2. The lowest BCUT2D eigenvalue weighted by Gasteiger charge is -2.31. The molecule has 0 bridgehead atoms. The van der Waals surface area contributed by atoms with Gasteiger partial charge in [0.2, 0.25) is 0 Å². The number of carboxylic acids is 1. The Morgan fingerprint density at radius 3 is 2.94 bits per heavy atom. The molecule has 1 aliphatic heterocycles. The first-order valence-corrected chi connectivity index (χ1v) is 6.65. The van der Waals surface area contributed by atoms with E-state index >= 15 is 0 Å². The van der Waals surface area contributed by atoms with E-state index in [0.29, 0.717) is 24.4 Å². The molecule has 0 radical (unpaired) electrons. The Bertz CT molecular complexity index is 401. The minimum atomic E-state index is -0.866. The minimum Gasteiger partial charge on any atom is -0.480 e. The van der Waals surface area contributed by atoms with Crippen molar-refractivity contribution in [3.63, 3.8) is 0 Å². The summed E-state index contributed by atoms with van der Waals surface area (Å²) in [4.78, 5) is 12.9. The summed E-state index contributed by atoms with van der Waals surface area (Å²) in [7, 11) is 0. The third kappa shape index (κ3) is 3.09. The number of ether oxygens (including phenoxy) is 1. The maximum atomic E-state index is 11.1. The molecule has 1 saturated heterocycles. The van der Waals surface area contributed by atoms with Crippen molar-refractivity contribution in [3.8, 4) is 0 Å². The first-order valence-electron chi connectivity index (χ1n) is 5.06. The second kappa shape index (κ2) is 5.51. The largest absolute Gasteiger partial charge is 0.480 e. The van der Waals surface area contributed by atoms with E-state index in [9.17, 15) is 4.79 Å². The highest BCUT2D eigenvalue weighted by Gasteiger charge is 2.29. The Hall–Kier alpha value is -0.370. The first kappa shape index (κ1) is 13.1. The van der Waals surface area contributed by atoms with Gasteiger partial charge in [-0.1, -0.05) is 0 Å². The molecule has 1 aromatic heterocycles. The van der Waals surface area contributed by atoms with E-state index in [2.05, 4.69) is 31.9 Å². The van der Waals surface area contributed by atoms with Gasteiger partial charge < -0.3 is 14.3 Å². The zero-order chi connectivity index (χ0) is 12.4. The summed E-state index contributed by atoms with van der Waals surface area (Å²) in [6.45, 7) is 1.82. The maximum absolute atomic E-state index is 11.1. The van der Waals surface area contributed by atoms with Crippen molar-refractivity contribution >= 4 is 37.8 Å². The van der Waals surface area contributed by atoms with Crippen LogP contribution in [0.25, 0.3) is 0 Å². The average Bonchev–Trinajstić information content (AvgIpc) is 2.58. The number of nitrogens with zero attached hydrogens (tertiary/aromatic N) is 1. The SMILES string of the molecule is O=C(O)C1COCCN1Cc1cc(Br)c(Br)o1. The highest BCUT2D eigenvalue weighted by molar-refractivity contribution is 9.13. The number of hydrogen-bond donors (Lipinski definition) is 1. The van der Waals surface area contributed by atoms with E-state index in [1.807, 2.05) is 11.0 Å². The minimum absolute atomic E-state index is 0.221. The zero-order valence-corrected chi connectivity index (χ0v) is 12.0. The van der Waals surface area contributed by atoms with Crippen LogP contribution in [0.1, 0.15) is 5.76 Å². The van der Waals surface area contributed by atoms with Gasteiger partial charge in [0.05, 0.1) is 24.2 Å². The molecule has 17 heavy (non-hydrogen) atoms. The van der Waals surface area contributed by atoms with Crippen molar-refractivity contribution in [2.75, 3.05) is 19.8 Å². The van der Waals surface area contributed by atoms with E-state index in [4.69, 9.17) is 14.3 Å². The number of carboxylic acid groups (broad SMARTS) is 1. The van der Waals surface area contributed by atoms with Gasteiger partial charge in [-0.05, 0) is 37.9 Å². The summed E-state index contributed by atoms with van der Waals surface area (Å²) in [6, 6.07) is 1.23. The Kier molecular flexibility index (Phi) is 4.24. The molecule has 0 amide bonds. The number of furan rings is 1. The van der Waals surface area contributed by atoms with Crippen LogP contribution in [0.2, 0.25) is 0 Å². The lowest BCUT2D eigenvalue weighted by molar-refractivity contribution is -0.150. The topological polar surface area (TPSA) is 62.9 Å². The van der Waals surface area contributed by atoms with Crippen molar-refractivity contribution in [2.45, 2.75) is 12.6 Å². The van der Waals surface area contributed by atoms with Crippen molar-refractivity contribution in [1.29, 1.82) is 0 Å². The van der Waals surface area contributed by atoms with Gasteiger partial charge in [-0.2, -0.15) is 0 Å². The highest BCUT2D eigenvalue weighted by atomic mass is 79.9. The van der Waals surface area contributed by atoms with Crippen molar-refractivity contribution in [2.24, 2.45) is 0 Å². The molecule has 1 unspecified atom stereocenters. The van der Waals surface area contributed by atoms with E-state index in [0.717, 1.165) is 10.2 Å². The predicted octanol–water partition coefficient (Wildman–Crippen LogP) is 2.09. The van der Waals surface area contributed by atoms with Crippen LogP contribution in [0.15, 0.2) is 19.6 Å². The van der Waals surface area contributed by atoms with Crippen LogP contribution in [-0.2, 0) is 16.1 Å². The van der Waals surface area contributed by atoms with Crippen molar-refractivity contribution < 1.29 is 19.1 Å². The van der Waals surface area contributed by atoms with E-state index in [1.54, 1.807) is 0 Å². The summed E-state index contributed by atoms with van der Waals surface area (Å²) >= 11 is 6.58. The van der Waals surface area contributed by atoms with Crippen molar-refractivity contribution in [3.05, 3.63) is 21.0 Å². The molecule has 2 rings (SSSR count). The number of hydrogen-bond acceptors (Lipinski definition) is 4. The molecule has 1 fully saturated rings. The second-order valence-corrected chi connectivity index (χ2v) is 5.31. The summed E-state index contributed by atoms with van der Waals surface area (Å²) < 4.78 is 12.1. The predicted molar refractivity (Wildman–Crippen MR) is 66.8 cm³/mol. The summed E-state index contributed by atoms with van der Waals surface area (Å²) in [5.74, 6) is -0.147. The van der Waals surface area contributed by atoms with Crippen LogP contribution in [0.3, 0.4) is 0 Å². The van der Waals surface area contributed by atoms with Crippen LogP contribution in [-0.4, -0.2) is 41.8 Å². The van der Waals surface area contributed by atoms with E-state index in [-0.39, 0.29) is 6.61 Å². The third-order valence-corrected chi connectivity index (χ3v) is 4.29. The fourth-order valence-electron chi connectivity index (χ4n) is 1.72. The molecule has 5 nitrogen and oxygen atoms in total. The normalized spacial score (nSPS) is 21.6. The van der Waals surface area contributed by atoms with Crippen LogP contribution in [0.5, 0.6) is 0 Å². The summed E-state index contributed by atoms with van der Waals surface area (Å²) in [5, 5.41) is 9.08. The van der Waals surface area contributed by atoms with Gasteiger partial charge in [0.1, 0.15) is 11.8 Å². The molecule has 1 aromatic rings. The molecular weight excluding hydrogens is 358 g/mol. The molecule has 1 N–H and O–H groups in total. The molecule has 1 atom stereocenters. The van der Waals surface area contributed by atoms with Gasteiger partial charge in [-0.15, -0.1) is 0 Å². The molecule has 2 heterocycles. The molecule has 94 valence electrons. The Morgan fingerprint density at radius 2 is 2.35 bits per heavy atom. The molecule has 0 saturated carbocycles. The standard InChI is InChI=1S/C10H11Br2NO4/c11-7-3-6(17-9(7)12)4-13-1-2-16-5-8(13)10(14)15/h3,8H,1-2,4-5H2,(H,14,15). The number of rotatable bonds is 3. The van der Waals surface area contributed by atoms with Crippen molar-refractivity contribution in [1.82, 2.24) is 4.90 Å². The number of carbonyl (C=O) groups is 1. The molecule has 1 aliphatic rings. The van der Waals surface area contributed by atoms with Gasteiger partial charge in [-0.25, -0.2) is 0 Å². The molecule has 0 aliphatic carbocycles. The lowest BCUT2D eigenvalue weighted by atomic mass is 10.2. The number of morpholine rings is 1. The smallest absolute Gasteiger partial charge is 0.323 e. The van der Waals surface area contributed by atoms with E-state index < -0.39 is 12.0 Å². The molecular formula is C10H11Br2NO4. The first-order chi connectivity index (χ1) is 8.08. The molecule has 0 spiro atoms.